The smallest absolute Gasteiger partial charge is 0.339 e. The molecule has 20 nitrogen and oxygen atoms in total. The molecule has 71 heavy (non-hydrogen) atoms. The number of amides is 1. The van der Waals surface area contributed by atoms with E-state index in [1.54, 1.807) is 57.2 Å². The van der Waals surface area contributed by atoms with Crippen molar-refractivity contribution >= 4 is 73.6 Å². The van der Waals surface area contributed by atoms with Crippen LogP contribution in [0.3, 0.4) is 0 Å². The maximum absolute atomic E-state index is 12.9. The normalized spacial score (nSPS) is 13.9. The van der Waals surface area contributed by atoms with Crippen LogP contribution in [0.2, 0.25) is 0 Å². The van der Waals surface area contributed by atoms with Crippen LogP contribution < -0.4 is 13.9 Å². The number of methoxy groups -OCH3 is 2. The molecule has 2 fully saturated rings. The molecule has 2 aliphatic heterocycles. The molecule has 0 spiro atoms. The van der Waals surface area contributed by atoms with Crippen molar-refractivity contribution in [2.45, 2.75) is 60.8 Å². The highest BCUT2D eigenvalue weighted by molar-refractivity contribution is 7.93. The third-order valence-electron chi connectivity index (χ3n) is 11.0. The van der Waals surface area contributed by atoms with Crippen molar-refractivity contribution in [2.75, 3.05) is 86.7 Å². The van der Waals surface area contributed by atoms with Crippen molar-refractivity contribution in [3.8, 4) is 0 Å². The van der Waals surface area contributed by atoms with E-state index in [-0.39, 0.29) is 42.9 Å². The number of anilines is 2. The number of sulfonamides is 2. The van der Waals surface area contributed by atoms with Gasteiger partial charge in [0.2, 0.25) is 26.0 Å². The summed E-state index contributed by atoms with van der Waals surface area (Å²) >= 11 is 0. The number of carbonyl (C=O) groups is 5. The zero-order chi connectivity index (χ0) is 51.4. The molecule has 0 unspecified atom stereocenters. The van der Waals surface area contributed by atoms with Crippen LogP contribution in [0.4, 0.5) is 11.4 Å². The van der Waals surface area contributed by atoms with E-state index in [1.807, 2.05) is 41.3 Å². The summed E-state index contributed by atoms with van der Waals surface area (Å²) in [5.41, 5.74) is 4.94. The predicted octanol–water partition coefficient (Wildman–Crippen LogP) is 4.04. The van der Waals surface area contributed by atoms with E-state index in [4.69, 9.17) is 0 Å². The van der Waals surface area contributed by atoms with Gasteiger partial charge in [-0.15, -0.1) is 12.4 Å². The maximum atomic E-state index is 12.9. The van der Waals surface area contributed by atoms with Gasteiger partial charge in [0.05, 0.1) is 72.7 Å². The number of pyridine rings is 2. The Morgan fingerprint density at radius 2 is 1.01 bits per heavy atom. The first-order valence-corrected chi connectivity index (χ1v) is 25.9. The van der Waals surface area contributed by atoms with E-state index < -0.39 is 43.9 Å². The lowest BCUT2D eigenvalue weighted by Crippen LogP contribution is -2.47. The lowest BCUT2D eigenvalue weighted by molar-refractivity contribution is -0.156. The lowest BCUT2D eigenvalue weighted by Gasteiger charge is -2.34. The number of nitrogens with zero attached hydrogens (tertiary/aromatic N) is 7. The van der Waals surface area contributed by atoms with Crippen molar-refractivity contribution in [3.05, 3.63) is 119 Å². The van der Waals surface area contributed by atoms with E-state index >= 15 is 0 Å². The Hall–Kier alpha value is -6.04. The van der Waals surface area contributed by atoms with Gasteiger partial charge in [0, 0.05) is 98.6 Å². The van der Waals surface area contributed by atoms with Gasteiger partial charge in [0.15, 0.2) is 0 Å². The average Bonchev–Trinajstić information content (AvgIpc) is 3.35. The second-order valence-corrected chi connectivity index (χ2v) is 20.5. The molecule has 4 aromatic rings. The van der Waals surface area contributed by atoms with Crippen LogP contribution in [0.25, 0.3) is 0 Å². The molecule has 0 aliphatic carbocycles. The largest absolute Gasteiger partial charge is 0.465 e. The van der Waals surface area contributed by atoms with Crippen molar-refractivity contribution in [3.63, 3.8) is 0 Å². The Morgan fingerprint density at radius 3 is 1.34 bits per heavy atom. The Bertz CT molecular complexity index is 2600. The molecule has 1 amide bonds. The first-order chi connectivity index (χ1) is 33.3. The average molecular weight is 1050 g/mol. The topological polar surface area (TPSA) is 235 Å². The molecule has 2 aromatic carbocycles. The maximum Gasteiger partial charge on any atom is 0.339 e. The summed E-state index contributed by atoms with van der Waals surface area (Å²) in [6.07, 6.45) is 2.79. The highest BCUT2D eigenvalue weighted by atomic mass is 35.5. The van der Waals surface area contributed by atoms with Crippen LogP contribution in [0.1, 0.15) is 77.8 Å². The van der Waals surface area contributed by atoms with Gasteiger partial charge in [-0.2, -0.15) is 0 Å². The van der Waals surface area contributed by atoms with Crippen molar-refractivity contribution in [2.24, 2.45) is 0 Å². The molecule has 0 bridgehead atoms. The van der Waals surface area contributed by atoms with Gasteiger partial charge in [-0.1, -0.05) is 24.3 Å². The second kappa shape index (κ2) is 28.7. The van der Waals surface area contributed by atoms with Crippen LogP contribution in [-0.4, -0.2) is 149 Å². The van der Waals surface area contributed by atoms with E-state index in [2.05, 4.69) is 39.3 Å². The molecule has 1 N–H and O–H groups in total. The number of piperazine rings is 2. The second-order valence-electron chi connectivity index (χ2n) is 16.1. The van der Waals surface area contributed by atoms with Gasteiger partial charge < -0.3 is 24.4 Å². The molecule has 2 aromatic heterocycles. The molecule has 4 heterocycles. The van der Waals surface area contributed by atoms with Gasteiger partial charge >= 0.3 is 23.9 Å². The Balaban J connectivity index is 0.000000328. The van der Waals surface area contributed by atoms with Crippen molar-refractivity contribution < 1.29 is 55.0 Å². The number of benzene rings is 2. The van der Waals surface area contributed by atoms with Gasteiger partial charge in [0.25, 0.3) is 0 Å². The molecule has 23 heteroatoms. The summed E-state index contributed by atoms with van der Waals surface area (Å²) in [6, 6.07) is 21.6. The van der Waals surface area contributed by atoms with Crippen LogP contribution in [0.5, 0.6) is 0 Å². The minimum Gasteiger partial charge on any atom is -0.465 e. The van der Waals surface area contributed by atoms with Gasteiger partial charge in [0.1, 0.15) is 0 Å². The van der Waals surface area contributed by atoms with E-state index in [0.717, 1.165) is 56.9 Å². The van der Waals surface area contributed by atoms with E-state index in [9.17, 15) is 40.8 Å². The minimum absolute atomic E-state index is 0. The molecule has 0 saturated carbocycles. The standard InChI is InChI=1S/C23H30N4O5S.C21H28N4O4S.C4H6O3.ClH/c1-4-33(30,31)27(17-21-9-8-20(15-24-21)23(29)32-3)22-7-5-6-19(14-22)16-25-10-12-26(13-11-25)18(2)28;1-3-30(27,28)25(16-19-8-7-18(14-23-19)21(26)29-2)20-6-4-5-17(13-20)15-24-11-9-22-10-12-24;1-3(5)7-4(2)6;/h5-9,14-15H,4,10-13,16-17H2,1-3H3;4-8,13-14,22H,3,9-12,15-16H2,1-2H3;1-2H3;1H. The number of rotatable bonds is 16. The van der Waals surface area contributed by atoms with Gasteiger partial charge in [-0.05, 0) is 73.5 Å². The minimum atomic E-state index is -3.57. The molecular weight excluding hydrogens is 980 g/mol. The van der Waals surface area contributed by atoms with Crippen LogP contribution in [-0.2, 0) is 74.8 Å². The lowest BCUT2D eigenvalue weighted by atomic mass is 10.1. The highest BCUT2D eigenvalue weighted by Gasteiger charge is 2.25. The summed E-state index contributed by atoms with van der Waals surface area (Å²) < 4.78 is 67.5. The Kier molecular flexibility index (Phi) is 24.0. The number of carbonyl (C=O) groups excluding carboxylic acids is 5. The molecule has 0 atom stereocenters. The Morgan fingerprint density at radius 1 is 0.606 bits per heavy atom. The summed E-state index contributed by atoms with van der Waals surface area (Å²) in [6.45, 7) is 15.6. The fourth-order valence-corrected chi connectivity index (χ4v) is 9.40. The summed E-state index contributed by atoms with van der Waals surface area (Å²) in [5.74, 6) is -2.08. The van der Waals surface area contributed by atoms with Crippen LogP contribution >= 0.6 is 12.4 Å². The summed E-state index contributed by atoms with van der Waals surface area (Å²) in [5, 5.41) is 3.33. The van der Waals surface area contributed by atoms with Gasteiger partial charge in [-0.3, -0.25) is 42.8 Å². The monoisotopic (exact) mass is 1040 g/mol. The third-order valence-corrected chi connectivity index (χ3v) is 14.5. The quantitative estimate of drug-likeness (QED) is 0.0947. The molecule has 2 aliphatic rings. The third kappa shape index (κ3) is 18.9. The number of hydrogen-bond donors (Lipinski definition) is 1. The number of ether oxygens (including phenoxy) is 3. The van der Waals surface area contributed by atoms with E-state index in [0.29, 0.717) is 53.5 Å². The van der Waals surface area contributed by atoms with Crippen LogP contribution in [0, 0.1) is 0 Å². The fourth-order valence-electron chi connectivity index (χ4n) is 7.25. The molecule has 0 radical (unpaired) electrons. The summed E-state index contributed by atoms with van der Waals surface area (Å²) in [4.78, 5) is 69.3. The van der Waals surface area contributed by atoms with Gasteiger partial charge in [-0.25, -0.2) is 26.4 Å². The number of aromatic nitrogens is 2. The van der Waals surface area contributed by atoms with Crippen molar-refractivity contribution in [1.82, 2.24) is 30.0 Å². The van der Waals surface area contributed by atoms with Crippen molar-refractivity contribution in [1.29, 1.82) is 0 Å². The SMILES string of the molecule is CC(=O)OC(C)=O.CCS(=O)(=O)N(Cc1ccc(C(=O)OC)cn1)c1cccc(CN2CCN(C(C)=O)CC2)c1.CCS(=O)(=O)N(Cc1ccc(C(=O)OC)cn1)c1cccc(CN2CCNCC2)c1.Cl. The number of halogens is 1. The van der Waals surface area contributed by atoms with Crippen LogP contribution in [0.15, 0.2) is 85.2 Å². The molecular formula is C48H65ClN8O12S2. The molecule has 2 saturated heterocycles. The molecule has 388 valence electrons. The first kappa shape index (κ1) is 59.3. The zero-order valence-corrected chi connectivity index (χ0v) is 43.7. The first-order valence-electron chi connectivity index (χ1n) is 22.6. The number of nitrogens with one attached hydrogen (secondary N) is 1. The summed E-state index contributed by atoms with van der Waals surface area (Å²) in [7, 11) is -4.48. The highest BCUT2D eigenvalue weighted by Crippen LogP contribution is 2.25. The fraction of sp³-hybridized carbons (Fsp3) is 0.438. The predicted molar refractivity (Wildman–Crippen MR) is 271 cm³/mol. The van der Waals surface area contributed by atoms with E-state index in [1.165, 1.54) is 49.1 Å². The zero-order valence-electron chi connectivity index (χ0n) is 41.2. The molecule has 6 rings (SSSR count). The number of hydrogen-bond acceptors (Lipinski definition) is 17. The Labute approximate surface area is 423 Å². The number of esters is 4.